The number of nitrogens with one attached hydrogen (secondary N) is 3. The van der Waals surface area contributed by atoms with Gasteiger partial charge in [0.05, 0.1) is 47.9 Å². The van der Waals surface area contributed by atoms with E-state index in [0.29, 0.717) is 29.9 Å². The molecule has 2 aliphatic heterocycles. The van der Waals surface area contributed by atoms with Gasteiger partial charge in [-0.2, -0.15) is 5.10 Å². The minimum absolute atomic E-state index is 0.0978. The first kappa shape index (κ1) is 44.5. The first-order valence-electron chi connectivity index (χ1n) is 21.3. The number of benzene rings is 4. The topological polar surface area (TPSA) is 164 Å². The minimum Gasteiger partial charge on any atom is -0.445 e. The van der Waals surface area contributed by atoms with Crippen LogP contribution in [-0.4, -0.2) is 92.6 Å². The molecule has 0 saturated carbocycles. The number of carbonyl (C=O) groups excluding carboxylic acids is 4. The number of carbonyl (C=O) groups is 4. The van der Waals surface area contributed by atoms with Crippen LogP contribution in [0.4, 0.5) is 21.0 Å². The molecule has 4 atom stereocenters. The summed E-state index contributed by atoms with van der Waals surface area (Å²) in [6.07, 6.45) is -1.13. The summed E-state index contributed by atoms with van der Waals surface area (Å²) >= 11 is 0. The van der Waals surface area contributed by atoms with E-state index in [0.717, 1.165) is 27.9 Å². The van der Waals surface area contributed by atoms with E-state index in [4.69, 9.17) is 18.9 Å². The molecule has 3 N–H and O–H groups in total. The Morgan fingerprint density at radius 1 is 0.603 bits per heavy atom. The van der Waals surface area contributed by atoms with Crippen molar-refractivity contribution in [1.82, 2.24) is 20.0 Å². The first-order chi connectivity index (χ1) is 30.1. The number of aromatic amines is 1. The molecular formula is C49H56N6O8. The third-order valence-electron chi connectivity index (χ3n) is 10.5. The lowest BCUT2D eigenvalue weighted by molar-refractivity contribution is -0.120. The van der Waals surface area contributed by atoms with E-state index in [1.54, 1.807) is 24.3 Å². The number of hydrogen-bond donors (Lipinski definition) is 3. The maximum absolute atomic E-state index is 13.7. The molecule has 0 unspecified atom stereocenters. The van der Waals surface area contributed by atoms with Gasteiger partial charge >= 0.3 is 12.2 Å². The van der Waals surface area contributed by atoms with Crippen LogP contribution in [0.1, 0.15) is 65.5 Å². The van der Waals surface area contributed by atoms with E-state index in [9.17, 15) is 19.2 Å². The van der Waals surface area contributed by atoms with Crippen molar-refractivity contribution in [3.63, 3.8) is 0 Å². The zero-order chi connectivity index (χ0) is 44.7. The maximum Gasteiger partial charge on any atom is 0.410 e. The molecule has 3 heterocycles. The second-order valence-electron chi connectivity index (χ2n) is 17.9. The summed E-state index contributed by atoms with van der Waals surface area (Å²) in [6, 6.07) is 33.8. The average Bonchev–Trinajstić information content (AvgIpc) is 4.02. The van der Waals surface area contributed by atoms with Gasteiger partial charge in [0, 0.05) is 29.8 Å². The summed E-state index contributed by atoms with van der Waals surface area (Å²) < 4.78 is 23.6. The zero-order valence-electron chi connectivity index (χ0n) is 36.6. The van der Waals surface area contributed by atoms with Crippen LogP contribution in [0.2, 0.25) is 0 Å². The van der Waals surface area contributed by atoms with Gasteiger partial charge in [0.1, 0.15) is 25.3 Å². The number of likely N-dealkylation sites (tertiary alicyclic amines) is 2. The predicted molar refractivity (Wildman–Crippen MR) is 239 cm³/mol. The van der Waals surface area contributed by atoms with E-state index < -0.39 is 35.5 Å². The molecular weight excluding hydrogens is 801 g/mol. The summed E-state index contributed by atoms with van der Waals surface area (Å²) in [5.74, 6) is -0.662. The Hall–Kier alpha value is -6.51. The van der Waals surface area contributed by atoms with Crippen molar-refractivity contribution in [2.45, 2.75) is 103 Å². The van der Waals surface area contributed by atoms with Crippen molar-refractivity contribution in [3.8, 4) is 22.5 Å². The maximum atomic E-state index is 13.7. The Balaban J connectivity index is 0.954. The first-order valence-corrected chi connectivity index (χ1v) is 21.3. The summed E-state index contributed by atoms with van der Waals surface area (Å²) in [5.41, 5.74) is 5.06. The molecule has 2 saturated heterocycles. The Kier molecular flexibility index (Phi) is 13.6. The fourth-order valence-electron chi connectivity index (χ4n) is 7.80. The van der Waals surface area contributed by atoms with Gasteiger partial charge in [-0.05, 0) is 88.6 Å². The summed E-state index contributed by atoms with van der Waals surface area (Å²) in [6.45, 7) is 12.3. The third kappa shape index (κ3) is 12.1. The molecule has 5 aromatic rings. The lowest BCUT2D eigenvalue weighted by Gasteiger charge is -2.25. The van der Waals surface area contributed by atoms with Crippen molar-refractivity contribution in [2.75, 3.05) is 23.7 Å². The van der Waals surface area contributed by atoms with Crippen LogP contribution < -0.4 is 10.6 Å². The molecule has 2 fully saturated rings. The summed E-state index contributed by atoms with van der Waals surface area (Å²) in [5, 5.41) is 13.6. The Bertz CT molecular complexity index is 2180. The smallest absolute Gasteiger partial charge is 0.410 e. The van der Waals surface area contributed by atoms with Gasteiger partial charge in [-0.25, -0.2) is 9.59 Å². The molecule has 14 heteroatoms. The molecule has 4 amide bonds. The lowest BCUT2D eigenvalue weighted by atomic mass is 10.1. The van der Waals surface area contributed by atoms with Gasteiger partial charge in [-0.1, -0.05) is 84.9 Å². The van der Waals surface area contributed by atoms with Crippen molar-refractivity contribution >= 4 is 35.4 Å². The molecule has 0 bridgehead atoms. The van der Waals surface area contributed by atoms with E-state index in [-0.39, 0.29) is 50.3 Å². The predicted octanol–water partition coefficient (Wildman–Crippen LogP) is 8.81. The lowest BCUT2D eigenvalue weighted by Crippen LogP contribution is -2.43. The fraction of sp³-hybridized carbons (Fsp3) is 0.367. The number of rotatable bonds is 12. The van der Waals surface area contributed by atoms with Gasteiger partial charge in [0.15, 0.2) is 0 Å². The van der Waals surface area contributed by atoms with E-state index in [2.05, 4.69) is 20.8 Å². The van der Waals surface area contributed by atoms with Crippen LogP contribution in [0.25, 0.3) is 22.5 Å². The van der Waals surface area contributed by atoms with Crippen molar-refractivity contribution in [2.24, 2.45) is 0 Å². The number of amides is 4. The molecule has 0 spiro atoms. The van der Waals surface area contributed by atoms with Crippen LogP contribution in [-0.2, 0) is 41.8 Å². The largest absolute Gasteiger partial charge is 0.445 e. The van der Waals surface area contributed by atoms with Crippen molar-refractivity contribution in [1.29, 1.82) is 0 Å². The number of H-pyrrole nitrogens is 1. The van der Waals surface area contributed by atoms with Crippen LogP contribution in [0.15, 0.2) is 115 Å². The minimum atomic E-state index is -0.777. The van der Waals surface area contributed by atoms with Gasteiger partial charge in [0.25, 0.3) is 0 Å². The number of aromatic nitrogens is 2. The highest BCUT2D eigenvalue weighted by atomic mass is 16.6. The monoisotopic (exact) mass is 856 g/mol. The second kappa shape index (κ2) is 19.3. The number of anilines is 2. The molecule has 0 radical (unpaired) electrons. The Labute approximate surface area is 368 Å². The highest BCUT2D eigenvalue weighted by Crippen LogP contribution is 2.30. The van der Waals surface area contributed by atoms with Crippen LogP contribution in [0.5, 0.6) is 0 Å². The second-order valence-corrected chi connectivity index (χ2v) is 17.9. The molecule has 0 aliphatic carbocycles. The highest BCUT2D eigenvalue weighted by Gasteiger charge is 2.43. The van der Waals surface area contributed by atoms with E-state index in [1.807, 2.05) is 133 Å². The van der Waals surface area contributed by atoms with E-state index >= 15 is 0 Å². The standard InChI is InChI=1S/C49H56N6O8/c1-48(2,3)62-38-25-42(54(28-38)46(58)60-30-32-13-9-7-10-14-32)44(56)50-36-21-17-34(18-22-36)40-27-41(53-52-40)35-19-23-37(24-20-35)51-45(57)43-26-39(63-49(4,5)6)29-55(43)47(59)61-31-33-15-11-8-12-16-33/h7-24,27,38-39,42-43H,25-26,28-31H2,1-6H3,(H,50,56)(H,51,57)(H,52,53)/t38-,39-,42+,43+/m1/s1. The Morgan fingerprint density at radius 2 is 1.02 bits per heavy atom. The molecule has 2 aliphatic rings. The van der Waals surface area contributed by atoms with Gasteiger partial charge < -0.3 is 29.6 Å². The Morgan fingerprint density at radius 3 is 1.43 bits per heavy atom. The molecule has 7 rings (SSSR count). The number of ether oxygens (including phenoxy) is 4. The fourth-order valence-corrected chi connectivity index (χ4v) is 7.80. The van der Waals surface area contributed by atoms with Gasteiger partial charge in [-0.15, -0.1) is 0 Å². The highest BCUT2D eigenvalue weighted by molar-refractivity contribution is 5.98. The van der Waals surface area contributed by atoms with Crippen molar-refractivity contribution in [3.05, 3.63) is 126 Å². The summed E-state index contributed by atoms with van der Waals surface area (Å²) in [7, 11) is 0. The quantitative estimate of drug-likeness (QED) is 0.111. The molecule has 63 heavy (non-hydrogen) atoms. The molecule has 14 nitrogen and oxygen atoms in total. The molecule has 330 valence electrons. The third-order valence-corrected chi connectivity index (χ3v) is 10.5. The number of nitrogens with zero attached hydrogens (tertiary/aromatic N) is 3. The van der Waals surface area contributed by atoms with Gasteiger partial charge in [-0.3, -0.25) is 24.5 Å². The molecule has 4 aromatic carbocycles. The number of hydrogen-bond acceptors (Lipinski definition) is 9. The van der Waals surface area contributed by atoms with Gasteiger partial charge in [0.2, 0.25) is 11.8 Å². The van der Waals surface area contributed by atoms with E-state index in [1.165, 1.54) is 9.80 Å². The SMILES string of the molecule is CC(C)(C)O[C@@H]1C[C@@H](C(=O)Nc2ccc(-c3cc(-c4ccc(NC(=O)[C@@H]5C[C@@H](OC(C)(C)C)CN5C(=O)OCc5ccccc5)cc4)[nH]n3)cc2)N(C(=O)OCc2ccccc2)C1. The van der Waals surface area contributed by atoms with Crippen LogP contribution in [0, 0.1) is 0 Å². The molecule has 1 aromatic heterocycles. The van der Waals surface area contributed by atoms with Crippen molar-refractivity contribution < 1.29 is 38.1 Å². The average molecular weight is 857 g/mol. The van der Waals surface area contributed by atoms with Crippen LogP contribution >= 0.6 is 0 Å². The summed E-state index contributed by atoms with van der Waals surface area (Å²) in [4.78, 5) is 56.8. The normalized spacial score (nSPS) is 18.8. The zero-order valence-corrected chi connectivity index (χ0v) is 36.6. The van der Waals surface area contributed by atoms with Crippen LogP contribution in [0.3, 0.4) is 0 Å².